The lowest BCUT2D eigenvalue weighted by Gasteiger charge is -2.37. The molecular formula is C15H16INO2. The van der Waals surface area contributed by atoms with Gasteiger partial charge in [-0.25, -0.2) is 0 Å². The first-order valence-corrected chi connectivity index (χ1v) is 7.61. The largest absolute Gasteiger partial charge is 0.481 e. The number of carbonyl (C=O) groups is 1. The van der Waals surface area contributed by atoms with Crippen LogP contribution in [0.1, 0.15) is 31.9 Å². The summed E-state index contributed by atoms with van der Waals surface area (Å²) in [5, 5.41) is 10.5. The predicted molar refractivity (Wildman–Crippen MR) is 83.5 cm³/mol. The molecule has 4 heteroatoms. The van der Waals surface area contributed by atoms with Gasteiger partial charge in [0.15, 0.2) is 0 Å². The number of carboxylic acids is 1. The monoisotopic (exact) mass is 369 g/mol. The first kappa shape index (κ1) is 13.0. The van der Waals surface area contributed by atoms with Gasteiger partial charge in [0.2, 0.25) is 0 Å². The number of halogens is 1. The molecule has 0 aliphatic carbocycles. The van der Waals surface area contributed by atoms with Gasteiger partial charge in [-0.05, 0) is 54.8 Å². The number of nitrogens with zero attached hydrogens (tertiary/aromatic N) is 1. The molecule has 100 valence electrons. The average Bonchev–Trinajstić information content (AvgIpc) is 2.64. The Bertz CT molecular complexity index is 661. The summed E-state index contributed by atoms with van der Waals surface area (Å²) in [6.45, 7) is 2.08. The van der Waals surface area contributed by atoms with Crippen molar-refractivity contribution in [2.24, 2.45) is 0 Å². The molecule has 0 spiro atoms. The van der Waals surface area contributed by atoms with E-state index in [1.807, 2.05) is 12.1 Å². The van der Waals surface area contributed by atoms with E-state index in [0.29, 0.717) is 0 Å². The molecule has 1 N–H and O–H groups in total. The van der Waals surface area contributed by atoms with Crippen molar-refractivity contribution in [3.8, 4) is 0 Å². The maximum Gasteiger partial charge on any atom is 0.305 e. The Hall–Kier alpha value is -1.04. The van der Waals surface area contributed by atoms with Crippen LogP contribution in [0.2, 0.25) is 0 Å². The summed E-state index contributed by atoms with van der Waals surface area (Å²) in [5.74, 6) is -0.719. The van der Waals surface area contributed by atoms with Crippen LogP contribution < -0.4 is 0 Å². The Labute approximate surface area is 125 Å². The van der Waals surface area contributed by atoms with E-state index < -0.39 is 5.97 Å². The molecule has 0 bridgehead atoms. The zero-order valence-corrected chi connectivity index (χ0v) is 13.0. The number of fused-ring (bicyclic) bond motifs is 3. The number of para-hydroxylation sites is 1. The van der Waals surface area contributed by atoms with Crippen molar-refractivity contribution in [2.45, 2.75) is 38.1 Å². The van der Waals surface area contributed by atoms with Crippen molar-refractivity contribution >= 4 is 39.5 Å². The third kappa shape index (κ3) is 1.96. The second kappa shape index (κ2) is 4.51. The lowest BCUT2D eigenvalue weighted by molar-refractivity contribution is -0.139. The van der Waals surface area contributed by atoms with Gasteiger partial charge in [-0.1, -0.05) is 18.2 Å². The number of rotatable bonds is 2. The Morgan fingerprint density at radius 1 is 1.47 bits per heavy atom. The molecule has 3 nitrogen and oxygen atoms in total. The highest BCUT2D eigenvalue weighted by atomic mass is 127. The van der Waals surface area contributed by atoms with Gasteiger partial charge in [0.1, 0.15) is 0 Å². The van der Waals surface area contributed by atoms with Gasteiger partial charge in [0.25, 0.3) is 0 Å². The number of aliphatic carboxylic acids is 1. The smallest absolute Gasteiger partial charge is 0.305 e. The number of aromatic nitrogens is 1. The van der Waals surface area contributed by atoms with E-state index in [4.69, 9.17) is 0 Å². The average molecular weight is 369 g/mol. The molecule has 1 aliphatic heterocycles. The summed E-state index contributed by atoms with van der Waals surface area (Å²) in [4.78, 5) is 11.2. The van der Waals surface area contributed by atoms with E-state index in [-0.39, 0.29) is 12.0 Å². The van der Waals surface area contributed by atoms with Crippen LogP contribution in [0.4, 0.5) is 0 Å². The molecule has 1 aliphatic rings. The minimum atomic E-state index is -0.719. The fraction of sp³-hybridized carbons (Fsp3) is 0.400. The summed E-state index contributed by atoms with van der Waals surface area (Å²) in [6, 6.07) is 8.31. The molecule has 3 rings (SSSR count). The topological polar surface area (TPSA) is 42.2 Å². The molecule has 0 amide bonds. The molecule has 0 fully saturated rings. The summed E-state index contributed by atoms with van der Waals surface area (Å²) in [6.07, 6.45) is 3.23. The van der Waals surface area contributed by atoms with Gasteiger partial charge < -0.3 is 9.67 Å². The standard InChI is InChI=1S/C15H16INO2/c1-15(9-13(18)19)8-4-7-12-14(16)10-5-2-3-6-11(10)17(12)15/h2-3,5-6H,4,7-9H2,1H3,(H,18,19). The van der Waals surface area contributed by atoms with Crippen molar-refractivity contribution in [1.82, 2.24) is 4.57 Å². The number of carboxylic acid groups (broad SMARTS) is 1. The van der Waals surface area contributed by atoms with Gasteiger partial charge in [-0.3, -0.25) is 4.79 Å². The molecule has 1 aromatic heterocycles. The van der Waals surface area contributed by atoms with E-state index in [2.05, 4.69) is 46.2 Å². The lowest BCUT2D eigenvalue weighted by Crippen LogP contribution is -2.37. The Balaban J connectivity index is 2.29. The van der Waals surface area contributed by atoms with Gasteiger partial charge in [0.05, 0.1) is 12.0 Å². The first-order valence-electron chi connectivity index (χ1n) is 6.53. The third-order valence-electron chi connectivity index (χ3n) is 4.11. The summed E-state index contributed by atoms with van der Waals surface area (Å²) in [7, 11) is 0. The minimum absolute atomic E-state index is 0.189. The van der Waals surface area contributed by atoms with E-state index in [1.54, 1.807) is 0 Å². The highest BCUT2D eigenvalue weighted by Crippen LogP contribution is 2.41. The van der Waals surface area contributed by atoms with Crippen LogP contribution in [0.5, 0.6) is 0 Å². The Kier molecular flexibility index (Phi) is 3.08. The minimum Gasteiger partial charge on any atom is -0.481 e. The second-order valence-corrected chi connectivity index (χ2v) is 6.61. The zero-order valence-electron chi connectivity index (χ0n) is 10.8. The maximum absolute atomic E-state index is 11.2. The van der Waals surface area contributed by atoms with Crippen LogP contribution in [0, 0.1) is 3.57 Å². The molecule has 1 unspecified atom stereocenters. The molecule has 0 saturated carbocycles. The normalized spacial score (nSPS) is 22.4. The first-order chi connectivity index (χ1) is 9.03. The van der Waals surface area contributed by atoms with Crippen LogP contribution >= 0.6 is 22.6 Å². The maximum atomic E-state index is 11.2. The number of hydrogen-bond donors (Lipinski definition) is 1. The SMILES string of the molecule is CC1(CC(=O)O)CCCc2c(I)c3ccccc3n21. The fourth-order valence-electron chi connectivity index (χ4n) is 3.33. The molecule has 19 heavy (non-hydrogen) atoms. The third-order valence-corrected chi connectivity index (χ3v) is 5.31. The van der Waals surface area contributed by atoms with E-state index >= 15 is 0 Å². The van der Waals surface area contributed by atoms with Crippen molar-refractivity contribution in [1.29, 1.82) is 0 Å². The van der Waals surface area contributed by atoms with Crippen molar-refractivity contribution in [3.63, 3.8) is 0 Å². The summed E-state index contributed by atoms with van der Waals surface area (Å²) < 4.78 is 3.56. The Morgan fingerprint density at radius 2 is 2.21 bits per heavy atom. The quantitative estimate of drug-likeness (QED) is 0.819. The number of benzene rings is 1. The van der Waals surface area contributed by atoms with Gasteiger partial charge >= 0.3 is 5.97 Å². The molecule has 1 atom stereocenters. The fourth-order valence-corrected chi connectivity index (χ4v) is 4.30. The predicted octanol–water partition coefficient (Wildman–Crippen LogP) is 3.77. The van der Waals surface area contributed by atoms with Crippen LogP contribution in [-0.2, 0) is 16.8 Å². The van der Waals surface area contributed by atoms with E-state index in [9.17, 15) is 9.90 Å². The molecule has 2 heterocycles. The lowest BCUT2D eigenvalue weighted by atomic mass is 9.87. The van der Waals surface area contributed by atoms with Crippen molar-refractivity contribution in [2.75, 3.05) is 0 Å². The van der Waals surface area contributed by atoms with Gasteiger partial charge in [-0.15, -0.1) is 0 Å². The highest BCUT2D eigenvalue weighted by molar-refractivity contribution is 14.1. The number of hydrogen-bond acceptors (Lipinski definition) is 1. The van der Waals surface area contributed by atoms with Crippen LogP contribution in [0.15, 0.2) is 24.3 Å². The highest BCUT2D eigenvalue weighted by Gasteiger charge is 2.36. The molecule has 0 radical (unpaired) electrons. The molecule has 0 saturated heterocycles. The summed E-state index contributed by atoms with van der Waals surface area (Å²) >= 11 is 2.40. The molecule has 1 aromatic carbocycles. The molecular weight excluding hydrogens is 353 g/mol. The Morgan fingerprint density at radius 3 is 2.95 bits per heavy atom. The van der Waals surface area contributed by atoms with Crippen LogP contribution in [0.25, 0.3) is 10.9 Å². The van der Waals surface area contributed by atoms with Crippen molar-refractivity contribution < 1.29 is 9.90 Å². The zero-order chi connectivity index (χ0) is 13.6. The van der Waals surface area contributed by atoms with Gasteiger partial charge in [0, 0.05) is 20.2 Å². The second-order valence-electron chi connectivity index (χ2n) is 5.53. The summed E-state index contributed by atoms with van der Waals surface area (Å²) in [5.41, 5.74) is 2.17. The molecule has 2 aromatic rings. The van der Waals surface area contributed by atoms with Gasteiger partial charge in [-0.2, -0.15) is 0 Å². The van der Waals surface area contributed by atoms with Crippen LogP contribution in [-0.4, -0.2) is 15.6 Å². The van der Waals surface area contributed by atoms with Crippen molar-refractivity contribution in [3.05, 3.63) is 33.5 Å². The van der Waals surface area contributed by atoms with E-state index in [0.717, 1.165) is 19.3 Å². The van der Waals surface area contributed by atoms with E-state index in [1.165, 1.54) is 20.2 Å². The van der Waals surface area contributed by atoms with Crippen LogP contribution in [0.3, 0.4) is 0 Å².